The second-order valence-corrected chi connectivity index (χ2v) is 15.9. The first kappa shape index (κ1) is 28.7. The van der Waals surface area contributed by atoms with Crippen molar-refractivity contribution in [3.05, 3.63) is 197 Å². The molecule has 1 atom stereocenters. The van der Waals surface area contributed by atoms with Gasteiger partial charge in [0, 0.05) is 36.6 Å². The molecule has 9 aromatic rings. The fourth-order valence-corrected chi connectivity index (χ4v) is 11.3. The molecule has 52 heavy (non-hydrogen) atoms. The van der Waals surface area contributed by atoms with Gasteiger partial charge >= 0.3 is 0 Å². The zero-order valence-electron chi connectivity index (χ0n) is 28.7. The van der Waals surface area contributed by atoms with Crippen molar-refractivity contribution in [1.29, 1.82) is 0 Å². The quantitative estimate of drug-likeness (QED) is 0.171. The van der Waals surface area contributed by atoms with Crippen molar-refractivity contribution >= 4 is 64.5 Å². The van der Waals surface area contributed by atoms with E-state index in [2.05, 4.69) is 175 Å². The van der Waals surface area contributed by atoms with Crippen molar-refractivity contribution in [1.82, 2.24) is 4.57 Å². The molecule has 0 bridgehead atoms. The van der Waals surface area contributed by atoms with E-state index in [9.17, 15) is 0 Å². The zero-order chi connectivity index (χ0) is 34.1. The van der Waals surface area contributed by atoms with E-state index in [0.29, 0.717) is 5.92 Å². The summed E-state index contributed by atoms with van der Waals surface area (Å²) in [5, 5.41) is 5.26. The predicted molar refractivity (Wildman–Crippen MR) is 221 cm³/mol. The summed E-state index contributed by atoms with van der Waals surface area (Å²) in [7, 11) is 0. The number of allylic oxidation sites excluding steroid dienone is 4. The van der Waals surface area contributed by atoms with Gasteiger partial charge in [-0.25, -0.2) is 0 Å². The van der Waals surface area contributed by atoms with Gasteiger partial charge in [-0.15, -0.1) is 11.3 Å². The van der Waals surface area contributed by atoms with E-state index >= 15 is 0 Å². The number of benzene rings is 7. The highest BCUT2D eigenvalue weighted by molar-refractivity contribution is 7.25. The van der Waals surface area contributed by atoms with Crippen molar-refractivity contribution in [3.63, 3.8) is 0 Å². The molecule has 2 aromatic heterocycles. The highest BCUT2D eigenvalue weighted by atomic mass is 32.1. The van der Waals surface area contributed by atoms with Crippen LogP contribution in [0.25, 0.3) is 69.9 Å². The van der Waals surface area contributed by atoms with E-state index in [1.165, 1.54) is 97.8 Å². The Morgan fingerprint density at radius 3 is 1.75 bits per heavy atom. The normalized spacial score (nSPS) is 16.9. The van der Waals surface area contributed by atoms with Crippen molar-refractivity contribution in [2.75, 3.05) is 0 Å². The molecule has 244 valence electrons. The molecule has 2 heterocycles. The molecule has 0 fully saturated rings. The minimum absolute atomic E-state index is 0.244. The van der Waals surface area contributed by atoms with Gasteiger partial charge in [0.05, 0.1) is 16.4 Å². The van der Waals surface area contributed by atoms with Crippen LogP contribution in [0.3, 0.4) is 0 Å². The van der Waals surface area contributed by atoms with Crippen LogP contribution in [0.15, 0.2) is 169 Å². The lowest BCUT2D eigenvalue weighted by Gasteiger charge is -2.35. The van der Waals surface area contributed by atoms with Crippen LogP contribution in [0.1, 0.15) is 41.2 Å². The molecule has 0 amide bonds. The third-order valence-corrected chi connectivity index (χ3v) is 13.5. The van der Waals surface area contributed by atoms with Gasteiger partial charge in [-0.2, -0.15) is 0 Å². The lowest BCUT2D eigenvalue weighted by atomic mass is 9.66. The summed E-state index contributed by atoms with van der Waals surface area (Å²) in [6.07, 6.45) is 3.58. The maximum Gasteiger partial charge on any atom is 0.0688 e. The molecule has 0 saturated heterocycles. The van der Waals surface area contributed by atoms with Crippen molar-refractivity contribution in [3.8, 4) is 16.8 Å². The van der Waals surface area contributed by atoms with Crippen LogP contribution in [0.4, 0.5) is 0 Å². The fraction of sp³-hybridized carbons (Fsp3) is 0.0800. The maximum atomic E-state index is 2.56. The molecule has 2 heteroatoms. The molecule has 0 aliphatic heterocycles. The Bertz CT molecular complexity index is 2970. The molecule has 12 rings (SSSR count). The van der Waals surface area contributed by atoms with Gasteiger partial charge in [-0.05, 0) is 110 Å². The number of rotatable bonds is 2. The topological polar surface area (TPSA) is 4.93 Å². The highest BCUT2D eigenvalue weighted by Crippen LogP contribution is 2.64. The maximum absolute atomic E-state index is 2.56. The minimum Gasteiger partial charge on any atom is -0.309 e. The number of fused-ring (bicyclic) bond motifs is 15. The molecule has 0 N–H and O–H groups in total. The SMILES string of the molecule is CC1CC2=C(C=C1c1ccc3sc4ccc(-n5c6ccccc6c6ccccc65)cc4c3c1)c1ccccc1C21c2ccccc2-c2ccccc21. The molecule has 0 saturated carbocycles. The second kappa shape index (κ2) is 10.3. The van der Waals surface area contributed by atoms with Crippen LogP contribution in [-0.4, -0.2) is 4.57 Å². The molecule has 0 radical (unpaired) electrons. The van der Waals surface area contributed by atoms with Gasteiger partial charge in [0.15, 0.2) is 0 Å². The first-order valence-corrected chi connectivity index (χ1v) is 19.2. The molecular formula is C50H33NS. The Hall–Kier alpha value is -5.96. The number of para-hydroxylation sites is 2. The van der Waals surface area contributed by atoms with Crippen molar-refractivity contribution < 1.29 is 0 Å². The smallest absolute Gasteiger partial charge is 0.0688 e. The molecule has 1 spiro atoms. The van der Waals surface area contributed by atoms with Gasteiger partial charge in [-0.1, -0.05) is 128 Å². The lowest BCUT2D eigenvalue weighted by Crippen LogP contribution is -2.29. The molecule has 3 aliphatic carbocycles. The number of hydrogen-bond donors (Lipinski definition) is 0. The zero-order valence-corrected chi connectivity index (χ0v) is 29.5. The van der Waals surface area contributed by atoms with Crippen LogP contribution in [0, 0.1) is 5.92 Å². The lowest BCUT2D eigenvalue weighted by molar-refractivity contribution is 0.642. The van der Waals surface area contributed by atoms with E-state index in [1.54, 1.807) is 5.57 Å². The Morgan fingerprint density at radius 1 is 0.538 bits per heavy atom. The number of hydrogen-bond acceptors (Lipinski definition) is 1. The van der Waals surface area contributed by atoms with Crippen LogP contribution < -0.4 is 0 Å². The third kappa shape index (κ3) is 3.58. The van der Waals surface area contributed by atoms with Crippen LogP contribution in [-0.2, 0) is 5.41 Å². The van der Waals surface area contributed by atoms with E-state index in [1.807, 2.05) is 11.3 Å². The first-order valence-electron chi connectivity index (χ1n) is 18.4. The molecular weight excluding hydrogens is 647 g/mol. The van der Waals surface area contributed by atoms with Crippen molar-refractivity contribution in [2.24, 2.45) is 5.92 Å². The summed E-state index contributed by atoms with van der Waals surface area (Å²) >= 11 is 1.90. The monoisotopic (exact) mass is 679 g/mol. The Labute approximate surface area is 306 Å². The summed E-state index contributed by atoms with van der Waals surface area (Å²) in [6, 6.07) is 59.3. The fourth-order valence-electron chi connectivity index (χ4n) is 10.2. The summed E-state index contributed by atoms with van der Waals surface area (Å²) in [5.74, 6) is 0.375. The van der Waals surface area contributed by atoms with E-state index in [4.69, 9.17) is 0 Å². The molecule has 1 nitrogen and oxygen atoms in total. The van der Waals surface area contributed by atoms with Crippen LogP contribution in [0.5, 0.6) is 0 Å². The number of nitrogens with zero attached hydrogens (tertiary/aromatic N) is 1. The molecule has 1 unspecified atom stereocenters. The highest BCUT2D eigenvalue weighted by Gasteiger charge is 2.53. The van der Waals surface area contributed by atoms with Gasteiger partial charge < -0.3 is 4.57 Å². The molecule has 7 aromatic carbocycles. The number of thiophene rings is 1. The average molecular weight is 680 g/mol. The number of aromatic nitrogens is 1. The second-order valence-electron chi connectivity index (χ2n) is 14.8. The molecule has 3 aliphatic rings. The Balaban J connectivity index is 1.05. The average Bonchev–Trinajstić information content (AvgIpc) is 3.91. The third-order valence-electron chi connectivity index (χ3n) is 12.3. The largest absolute Gasteiger partial charge is 0.309 e. The Morgan fingerprint density at radius 2 is 1.08 bits per heavy atom. The van der Waals surface area contributed by atoms with E-state index in [-0.39, 0.29) is 5.41 Å². The van der Waals surface area contributed by atoms with Crippen molar-refractivity contribution in [2.45, 2.75) is 18.8 Å². The first-order chi connectivity index (χ1) is 25.7. The van der Waals surface area contributed by atoms with Gasteiger partial charge in [0.2, 0.25) is 0 Å². The standard InChI is InChI=1S/C50H33NS/c1-30-26-45-39(35-14-4-9-19-44(35)50(45)42-17-7-2-12-33(42)34-13-3-8-18-43(34)50)29-38(30)31-22-24-48-40(27-31)41-28-32(23-25-49(41)52-48)51-46-20-10-5-15-36(46)37-16-6-11-21-47(37)51/h2-25,27-30H,26H2,1H3. The van der Waals surface area contributed by atoms with Gasteiger partial charge in [0.1, 0.15) is 0 Å². The van der Waals surface area contributed by atoms with Gasteiger partial charge in [0.25, 0.3) is 0 Å². The van der Waals surface area contributed by atoms with Gasteiger partial charge in [-0.3, -0.25) is 0 Å². The summed E-state index contributed by atoms with van der Waals surface area (Å²) in [4.78, 5) is 0. The summed E-state index contributed by atoms with van der Waals surface area (Å²) in [5.41, 5.74) is 17.6. The summed E-state index contributed by atoms with van der Waals surface area (Å²) in [6.45, 7) is 2.44. The summed E-state index contributed by atoms with van der Waals surface area (Å²) < 4.78 is 5.10. The Kier molecular flexibility index (Phi) is 5.69. The van der Waals surface area contributed by atoms with E-state index in [0.717, 1.165) is 6.42 Å². The predicted octanol–water partition coefficient (Wildman–Crippen LogP) is 13.4. The van der Waals surface area contributed by atoms with Crippen LogP contribution >= 0.6 is 11.3 Å². The van der Waals surface area contributed by atoms with Crippen LogP contribution in [0.2, 0.25) is 0 Å². The van der Waals surface area contributed by atoms with E-state index < -0.39 is 0 Å². The minimum atomic E-state index is -0.244.